The molecule has 0 saturated heterocycles. The molecule has 0 aromatic rings. The molecule has 0 aromatic carbocycles. The molecule has 1 saturated carbocycles. The van der Waals surface area contributed by atoms with Crippen LogP contribution in [-0.4, -0.2) is 17.0 Å². The number of ketones is 1. The van der Waals surface area contributed by atoms with Gasteiger partial charge in [-0.25, -0.2) is 0 Å². The van der Waals surface area contributed by atoms with Gasteiger partial charge in [0.1, 0.15) is 5.78 Å². The standard InChI is InChI=1S/C13H22O2/c1-2-12(14)8-4-3-6-11-7-5-9-13(15)10-11/h3,6,11-12,14H,2,4-5,7-10H2,1H3/b6-3+. The van der Waals surface area contributed by atoms with Crippen molar-refractivity contribution in [2.24, 2.45) is 5.92 Å². The van der Waals surface area contributed by atoms with Gasteiger partial charge in [-0.1, -0.05) is 19.1 Å². The van der Waals surface area contributed by atoms with E-state index in [0.29, 0.717) is 11.7 Å². The maximum atomic E-state index is 11.2. The summed E-state index contributed by atoms with van der Waals surface area (Å²) in [6, 6.07) is 0. The van der Waals surface area contributed by atoms with Crippen LogP contribution in [0.5, 0.6) is 0 Å². The van der Waals surface area contributed by atoms with Crippen molar-refractivity contribution in [3.05, 3.63) is 12.2 Å². The quantitative estimate of drug-likeness (QED) is 0.708. The van der Waals surface area contributed by atoms with Crippen LogP contribution in [0.2, 0.25) is 0 Å². The SMILES string of the molecule is CCC(O)CC/C=C/C1CCCC(=O)C1. The molecule has 1 N–H and O–H groups in total. The Morgan fingerprint density at radius 2 is 2.40 bits per heavy atom. The highest BCUT2D eigenvalue weighted by Gasteiger charge is 2.16. The molecule has 0 aromatic heterocycles. The predicted octanol–water partition coefficient (Wildman–Crippen LogP) is 2.85. The van der Waals surface area contributed by atoms with Gasteiger partial charge >= 0.3 is 0 Å². The number of hydrogen-bond donors (Lipinski definition) is 1. The lowest BCUT2D eigenvalue weighted by Gasteiger charge is -2.16. The predicted molar refractivity (Wildman–Crippen MR) is 61.6 cm³/mol. The van der Waals surface area contributed by atoms with Crippen LogP contribution >= 0.6 is 0 Å². The lowest BCUT2D eigenvalue weighted by atomic mass is 9.88. The second kappa shape index (κ2) is 6.78. The number of carbonyl (C=O) groups excluding carboxylic acids is 1. The molecule has 1 fully saturated rings. The summed E-state index contributed by atoms with van der Waals surface area (Å²) in [6.45, 7) is 1.99. The third-order valence-corrected chi connectivity index (χ3v) is 3.07. The molecule has 0 aliphatic heterocycles. The molecule has 0 amide bonds. The number of allylic oxidation sites excluding steroid dienone is 2. The van der Waals surface area contributed by atoms with Crippen LogP contribution in [0.4, 0.5) is 0 Å². The van der Waals surface area contributed by atoms with Crippen molar-refractivity contribution >= 4 is 5.78 Å². The minimum atomic E-state index is -0.164. The first-order valence-electron chi connectivity index (χ1n) is 6.08. The second-order valence-corrected chi connectivity index (χ2v) is 4.46. The molecule has 2 nitrogen and oxygen atoms in total. The number of carbonyl (C=O) groups is 1. The van der Waals surface area contributed by atoms with Gasteiger partial charge in [0, 0.05) is 12.8 Å². The zero-order valence-corrected chi connectivity index (χ0v) is 9.61. The van der Waals surface area contributed by atoms with Gasteiger partial charge in [0.2, 0.25) is 0 Å². The molecular weight excluding hydrogens is 188 g/mol. The van der Waals surface area contributed by atoms with Crippen molar-refractivity contribution in [1.29, 1.82) is 0 Å². The smallest absolute Gasteiger partial charge is 0.133 e. The van der Waals surface area contributed by atoms with Gasteiger partial charge in [-0.15, -0.1) is 0 Å². The molecule has 1 aliphatic carbocycles. The van der Waals surface area contributed by atoms with Gasteiger partial charge in [0.25, 0.3) is 0 Å². The van der Waals surface area contributed by atoms with Crippen molar-refractivity contribution in [3.63, 3.8) is 0 Å². The van der Waals surface area contributed by atoms with Crippen LogP contribution in [0.25, 0.3) is 0 Å². The number of hydrogen-bond acceptors (Lipinski definition) is 2. The van der Waals surface area contributed by atoms with Crippen molar-refractivity contribution in [2.75, 3.05) is 0 Å². The summed E-state index contributed by atoms with van der Waals surface area (Å²) in [6.07, 6.45) is 10.4. The highest BCUT2D eigenvalue weighted by atomic mass is 16.3. The number of aliphatic hydroxyl groups is 1. The van der Waals surface area contributed by atoms with Gasteiger partial charge in [0.15, 0.2) is 0 Å². The maximum Gasteiger partial charge on any atom is 0.133 e. The Morgan fingerprint density at radius 3 is 3.07 bits per heavy atom. The summed E-state index contributed by atoms with van der Waals surface area (Å²) in [5, 5.41) is 9.35. The normalized spacial score (nSPS) is 24.7. The van der Waals surface area contributed by atoms with E-state index in [9.17, 15) is 9.90 Å². The van der Waals surface area contributed by atoms with Crippen molar-refractivity contribution < 1.29 is 9.90 Å². The molecule has 15 heavy (non-hydrogen) atoms. The Kier molecular flexibility index (Phi) is 5.62. The Balaban J connectivity index is 2.16. The summed E-state index contributed by atoms with van der Waals surface area (Å²) >= 11 is 0. The van der Waals surface area contributed by atoms with E-state index in [0.717, 1.165) is 44.9 Å². The zero-order valence-electron chi connectivity index (χ0n) is 9.61. The number of Topliss-reactive ketones (excluding diaryl/α,β-unsaturated/α-hetero) is 1. The molecule has 0 radical (unpaired) electrons. The first-order valence-corrected chi connectivity index (χ1v) is 6.08. The third kappa shape index (κ3) is 5.12. The fraction of sp³-hybridized carbons (Fsp3) is 0.769. The van der Waals surface area contributed by atoms with Gasteiger partial charge in [-0.3, -0.25) is 4.79 Å². The molecule has 2 unspecified atom stereocenters. The molecule has 2 heteroatoms. The van der Waals surface area contributed by atoms with Crippen LogP contribution in [0.15, 0.2) is 12.2 Å². The first kappa shape index (κ1) is 12.4. The number of rotatable bonds is 5. The summed E-state index contributed by atoms with van der Waals surface area (Å²) in [5.41, 5.74) is 0. The average molecular weight is 210 g/mol. The van der Waals surface area contributed by atoms with Crippen LogP contribution in [0.3, 0.4) is 0 Å². The minimum absolute atomic E-state index is 0.164. The van der Waals surface area contributed by atoms with Crippen LogP contribution < -0.4 is 0 Å². The lowest BCUT2D eigenvalue weighted by molar-refractivity contribution is -0.121. The minimum Gasteiger partial charge on any atom is -0.393 e. The average Bonchev–Trinajstić information content (AvgIpc) is 2.24. The van der Waals surface area contributed by atoms with E-state index in [1.807, 2.05) is 6.92 Å². The Morgan fingerprint density at radius 1 is 1.60 bits per heavy atom. The molecule has 86 valence electrons. The first-order chi connectivity index (χ1) is 7.22. The van der Waals surface area contributed by atoms with E-state index in [2.05, 4.69) is 12.2 Å². The summed E-state index contributed by atoms with van der Waals surface area (Å²) in [4.78, 5) is 11.2. The molecule has 2 atom stereocenters. The van der Waals surface area contributed by atoms with Crippen LogP contribution in [0.1, 0.15) is 51.9 Å². The van der Waals surface area contributed by atoms with Gasteiger partial charge in [-0.2, -0.15) is 0 Å². The van der Waals surface area contributed by atoms with E-state index in [1.165, 1.54) is 0 Å². The molecule has 0 spiro atoms. The van der Waals surface area contributed by atoms with E-state index >= 15 is 0 Å². The van der Waals surface area contributed by atoms with E-state index in [1.54, 1.807) is 0 Å². The Labute approximate surface area is 92.4 Å². The summed E-state index contributed by atoms with van der Waals surface area (Å²) in [7, 11) is 0. The highest BCUT2D eigenvalue weighted by molar-refractivity contribution is 5.79. The fourth-order valence-corrected chi connectivity index (χ4v) is 2.00. The Bertz CT molecular complexity index is 221. The van der Waals surface area contributed by atoms with Crippen molar-refractivity contribution in [2.45, 2.75) is 58.0 Å². The summed E-state index contributed by atoms with van der Waals surface area (Å²) in [5.74, 6) is 0.870. The Hall–Kier alpha value is -0.630. The van der Waals surface area contributed by atoms with Crippen LogP contribution in [0, 0.1) is 5.92 Å². The topological polar surface area (TPSA) is 37.3 Å². The largest absolute Gasteiger partial charge is 0.393 e. The van der Waals surface area contributed by atoms with Crippen molar-refractivity contribution in [1.82, 2.24) is 0 Å². The molecule has 1 rings (SSSR count). The lowest BCUT2D eigenvalue weighted by Crippen LogP contribution is -2.12. The number of aliphatic hydroxyl groups excluding tert-OH is 1. The fourth-order valence-electron chi connectivity index (χ4n) is 2.00. The second-order valence-electron chi connectivity index (χ2n) is 4.46. The van der Waals surface area contributed by atoms with E-state index in [-0.39, 0.29) is 6.10 Å². The molecule has 0 bridgehead atoms. The summed E-state index contributed by atoms with van der Waals surface area (Å²) < 4.78 is 0. The van der Waals surface area contributed by atoms with Gasteiger partial charge < -0.3 is 5.11 Å². The van der Waals surface area contributed by atoms with Crippen molar-refractivity contribution in [3.8, 4) is 0 Å². The zero-order chi connectivity index (χ0) is 11.1. The van der Waals surface area contributed by atoms with Crippen LogP contribution in [-0.2, 0) is 4.79 Å². The van der Waals surface area contributed by atoms with E-state index in [4.69, 9.17) is 0 Å². The molecule has 0 heterocycles. The highest BCUT2D eigenvalue weighted by Crippen LogP contribution is 2.22. The van der Waals surface area contributed by atoms with Gasteiger partial charge in [-0.05, 0) is 38.0 Å². The molecule has 1 aliphatic rings. The molecular formula is C13H22O2. The third-order valence-electron chi connectivity index (χ3n) is 3.07. The van der Waals surface area contributed by atoms with Gasteiger partial charge in [0.05, 0.1) is 6.10 Å². The monoisotopic (exact) mass is 210 g/mol. The van der Waals surface area contributed by atoms with E-state index < -0.39 is 0 Å². The maximum absolute atomic E-state index is 11.2.